The molecule has 0 atom stereocenters. The van der Waals surface area contributed by atoms with Gasteiger partial charge in [0.25, 0.3) is 11.8 Å². The van der Waals surface area contributed by atoms with Gasteiger partial charge < -0.3 is 19.5 Å². The highest BCUT2D eigenvalue weighted by Crippen LogP contribution is 2.26. The van der Waals surface area contributed by atoms with E-state index < -0.39 is 0 Å². The molecule has 0 unspecified atom stereocenters. The molecule has 27 heavy (non-hydrogen) atoms. The van der Waals surface area contributed by atoms with Gasteiger partial charge in [-0.1, -0.05) is 6.07 Å². The molecule has 0 saturated heterocycles. The van der Waals surface area contributed by atoms with Crippen LogP contribution >= 0.6 is 0 Å². The van der Waals surface area contributed by atoms with Crippen LogP contribution in [0.3, 0.4) is 0 Å². The fourth-order valence-electron chi connectivity index (χ4n) is 2.56. The van der Waals surface area contributed by atoms with Crippen molar-refractivity contribution in [3.8, 4) is 23.1 Å². The van der Waals surface area contributed by atoms with Gasteiger partial charge in [0.15, 0.2) is 5.76 Å². The topological polar surface area (TPSA) is 93.2 Å². The first-order valence-corrected chi connectivity index (χ1v) is 8.30. The molecule has 2 aromatic carbocycles. The van der Waals surface area contributed by atoms with Crippen molar-refractivity contribution in [3.63, 3.8) is 0 Å². The van der Waals surface area contributed by atoms with Gasteiger partial charge in [0.1, 0.15) is 0 Å². The number of hydrogen-bond donors (Lipinski definition) is 2. The van der Waals surface area contributed by atoms with Crippen LogP contribution in [0.4, 0.5) is 11.4 Å². The molecule has 0 aliphatic carbocycles. The Kier molecular flexibility index (Phi) is 4.40. The average Bonchev–Trinajstić information content (AvgIpc) is 3.40. The third-order valence-corrected chi connectivity index (χ3v) is 3.96. The summed E-state index contributed by atoms with van der Waals surface area (Å²) in [6, 6.07) is 17.9. The zero-order valence-electron chi connectivity index (χ0n) is 14.5. The van der Waals surface area contributed by atoms with Crippen LogP contribution in [-0.4, -0.2) is 23.2 Å². The number of carbonyl (C=O) groups is 1. The molecule has 0 aliphatic heterocycles. The van der Waals surface area contributed by atoms with Crippen molar-refractivity contribution in [2.75, 3.05) is 17.7 Å². The normalized spacial score (nSPS) is 10.6. The summed E-state index contributed by atoms with van der Waals surface area (Å²) in [5.41, 5.74) is 2.84. The van der Waals surface area contributed by atoms with Gasteiger partial charge >= 0.3 is 0 Å². The quantitative estimate of drug-likeness (QED) is 0.551. The lowest BCUT2D eigenvalue weighted by atomic mass is 10.1. The summed E-state index contributed by atoms with van der Waals surface area (Å²) in [7, 11) is 1.83. The second kappa shape index (κ2) is 7.17. The molecule has 4 aromatic rings. The Morgan fingerprint density at radius 2 is 1.74 bits per heavy atom. The van der Waals surface area contributed by atoms with Crippen LogP contribution in [0.15, 0.2) is 75.8 Å². The number of amides is 1. The van der Waals surface area contributed by atoms with Gasteiger partial charge in [0, 0.05) is 29.5 Å². The maximum atomic E-state index is 12.4. The Morgan fingerprint density at radius 3 is 2.48 bits per heavy atom. The molecule has 134 valence electrons. The molecule has 0 radical (unpaired) electrons. The second-order valence-corrected chi connectivity index (χ2v) is 5.75. The maximum Gasteiger partial charge on any atom is 0.283 e. The van der Waals surface area contributed by atoms with Gasteiger partial charge in [-0.15, -0.1) is 10.2 Å². The molecule has 7 nitrogen and oxygen atoms in total. The highest BCUT2D eigenvalue weighted by atomic mass is 16.4. The minimum Gasteiger partial charge on any atom is -0.459 e. The zero-order valence-corrected chi connectivity index (χ0v) is 14.5. The summed E-state index contributed by atoms with van der Waals surface area (Å²) in [5, 5.41) is 13.9. The fourth-order valence-corrected chi connectivity index (χ4v) is 2.56. The predicted octanol–water partition coefficient (Wildman–Crippen LogP) is 4.29. The van der Waals surface area contributed by atoms with Gasteiger partial charge in [-0.25, -0.2) is 0 Å². The van der Waals surface area contributed by atoms with E-state index in [0.717, 1.165) is 5.69 Å². The van der Waals surface area contributed by atoms with Crippen molar-refractivity contribution in [3.05, 3.63) is 72.5 Å². The Bertz CT molecular complexity index is 1050. The summed E-state index contributed by atoms with van der Waals surface area (Å²) in [4.78, 5) is 12.4. The molecule has 0 fully saturated rings. The summed E-state index contributed by atoms with van der Waals surface area (Å²) >= 11 is 0. The van der Waals surface area contributed by atoms with E-state index in [0.29, 0.717) is 34.4 Å². The van der Waals surface area contributed by atoms with E-state index in [1.54, 1.807) is 42.7 Å². The molecule has 0 bridgehead atoms. The lowest BCUT2D eigenvalue weighted by Gasteiger charge is -2.07. The largest absolute Gasteiger partial charge is 0.459 e. The fraction of sp³-hybridized carbons (Fsp3) is 0.0500. The van der Waals surface area contributed by atoms with Gasteiger partial charge in [0.2, 0.25) is 5.89 Å². The molecule has 0 spiro atoms. The standard InChI is InChI=1S/C20H16N4O3/c1-21-15-9-7-13(8-10-15)18(25)22-16-5-2-4-14(12-16)19-23-24-20(27-19)17-6-3-11-26-17/h2-12,21H,1H3,(H,22,25). The van der Waals surface area contributed by atoms with Crippen LogP contribution in [0.5, 0.6) is 0 Å². The number of benzene rings is 2. The van der Waals surface area contributed by atoms with Crippen LogP contribution in [0.25, 0.3) is 23.1 Å². The third kappa shape index (κ3) is 3.57. The van der Waals surface area contributed by atoms with E-state index in [-0.39, 0.29) is 5.91 Å². The molecule has 1 amide bonds. The van der Waals surface area contributed by atoms with Crippen LogP contribution in [-0.2, 0) is 0 Å². The highest BCUT2D eigenvalue weighted by molar-refractivity contribution is 6.04. The first-order valence-electron chi connectivity index (χ1n) is 8.30. The Balaban J connectivity index is 1.53. The van der Waals surface area contributed by atoms with Gasteiger partial charge in [-0.2, -0.15) is 0 Å². The van der Waals surface area contributed by atoms with Crippen molar-refractivity contribution in [2.24, 2.45) is 0 Å². The van der Waals surface area contributed by atoms with Crippen molar-refractivity contribution < 1.29 is 13.6 Å². The lowest BCUT2D eigenvalue weighted by Crippen LogP contribution is -2.11. The van der Waals surface area contributed by atoms with E-state index in [1.807, 2.05) is 31.3 Å². The van der Waals surface area contributed by atoms with E-state index in [1.165, 1.54) is 0 Å². The van der Waals surface area contributed by atoms with Crippen molar-refractivity contribution in [1.82, 2.24) is 10.2 Å². The van der Waals surface area contributed by atoms with Crippen LogP contribution < -0.4 is 10.6 Å². The van der Waals surface area contributed by atoms with Gasteiger partial charge in [-0.3, -0.25) is 4.79 Å². The third-order valence-electron chi connectivity index (χ3n) is 3.96. The molecule has 4 rings (SSSR count). The summed E-state index contributed by atoms with van der Waals surface area (Å²) in [5.74, 6) is 0.949. The number of furan rings is 1. The van der Waals surface area contributed by atoms with Crippen LogP contribution in [0.1, 0.15) is 10.4 Å². The lowest BCUT2D eigenvalue weighted by molar-refractivity contribution is 0.102. The number of hydrogen-bond acceptors (Lipinski definition) is 6. The SMILES string of the molecule is CNc1ccc(C(=O)Nc2cccc(-c3nnc(-c4ccco4)o3)c2)cc1. The van der Waals surface area contributed by atoms with Gasteiger partial charge in [-0.05, 0) is 54.6 Å². The Morgan fingerprint density at radius 1 is 0.926 bits per heavy atom. The molecule has 2 N–H and O–H groups in total. The molecule has 7 heteroatoms. The zero-order chi connectivity index (χ0) is 18.6. The van der Waals surface area contributed by atoms with E-state index in [9.17, 15) is 4.79 Å². The van der Waals surface area contributed by atoms with E-state index in [4.69, 9.17) is 8.83 Å². The molecule has 0 saturated carbocycles. The minimum absolute atomic E-state index is 0.198. The predicted molar refractivity (Wildman–Crippen MR) is 101 cm³/mol. The Hall–Kier alpha value is -3.87. The summed E-state index contributed by atoms with van der Waals surface area (Å²) in [6.45, 7) is 0. The van der Waals surface area contributed by atoms with E-state index >= 15 is 0 Å². The molecule has 0 aliphatic rings. The first-order chi connectivity index (χ1) is 13.2. The number of nitrogens with one attached hydrogen (secondary N) is 2. The number of aromatic nitrogens is 2. The van der Waals surface area contributed by atoms with Crippen molar-refractivity contribution in [2.45, 2.75) is 0 Å². The van der Waals surface area contributed by atoms with Crippen LogP contribution in [0, 0.1) is 0 Å². The number of rotatable bonds is 5. The van der Waals surface area contributed by atoms with E-state index in [2.05, 4.69) is 20.8 Å². The molecule has 2 aromatic heterocycles. The van der Waals surface area contributed by atoms with Crippen molar-refractivity contribution in [1.29, 1.82) is 0 Å². The van der Waals surface area contributed by atoms with Crippen LogP contribution in [0.2, 0.25) is 0 Å². The average molecular weight is 360 g/mol. The number of carbonyl (C=O) groups excluding carboxylic acids is 1. The van der Waals surface area contributed by atoms with Gasteiger partial charge in [0.05, 0.1) is 6.26 Å². The smallest absolute Gasteiger partial charge is 0.283 e. The number of anilines is 2. The highest BCUT2D eigenvalue weighted by Gasteiger charge is 2.13. The maximum absolute atomic E-state index is 12.4. The summed E-state index contributed by atoms with van der Waals surface area (Å²) in [6.07, 6.45) is 1.54. The number of nitrogens with zero attached hydrogens (tertiary/aromatic N) is 2. The minimum atomic E-state index is -0.198. The molecule has 2 heterocycles. The molecular formula is C20H16N4O3. The van der Waals surface area contributed by atoms with Crippen molar-refractivity contribution >= 4 is 17.3 Å². The Labute approximate surface area is 155 Å². The molecular weight excluding hydrogens is 344 g/mol. The summed E-state index contributed by atoms with van der Waals surface area (Å²) < 4.78 is 10.9. The second-order valence-electron chi connectivity index (χ2n) is 5.75. The first kappa shape index (κ1) is 16.6. The monoisotopic (exact) mass is 360 g/mol.